The topological polar surface area (TPSA) is 78.2 Å². The number of ether oxygens (including phenoxy) is 1. The lowest BCUT2D eigenvalue weighted by Crippen LogP contribution is -2.32. The molecule has 0 fully saturated rings. The number of anilines is 2. The Labute approximate surface area is 169 Å². The van der Waals surface area contributed by atoms with Gasteiger partial charge in [0.2, 0.25) is 0 Å². The van der Waals surface area contributed by atoms with E-state index in [0.717, 1.165) is 22.7 Å². The molecule has 0 radical (unpaired) electrons. The molecule has 1 amide bonds. The van der Waals surface area contributed by atoms with Crippen molar-refractivity contribution in [3.8, 4) is 11.8 Å². The van der Waals surface area contributed by atoms with Gasteiger partial charge in [0, 0.05) is 17.6 Å². The van der Waals surface area contributed by atoms with Crippen LogP contribution in [0.2, 0.25) is 0 Å². The molecule has 0 unspecified atom stereocenters. The lowest BCUT2D eigenvalue weighted by atomic mass is 10.1. The molecule has 6 nitrogen and oxygen atoms in total. The first kappa shape index (κ1) is 18.5. The van der Waals surface area contributed by atoms with Gasteiger partial charge < -0.3 is 10.1 Å². The molecule has 144 valence electrons. The minimum Gasteiger partial charge on any atom is -0.494 e. The monoisotopic (exact) mass is 384 g/mol. The SMILES string of the molecule is CCOc1ccc(N2C(=O)c3cccnc3[C@@H]2Nc2ccc(CC#N)cc2)cc1. The van der Waals surface area contributed by atoms with Gasteiger partial charge in [-0.25, -0.2) is 0 Å². The fraction of sp³-hybridized carbons (Fsp3) is 0.174. The molecule has 1 aliphatic heterocycles. The molecule has 29 heavy (non-hydrogen) atoms. The standard InChI is InChI=1S/C23H20N4O2/c1-2-29-19-11-9-18(10-12-19)27-22(21-20(23(27)28)4-3-15-25-21)26-17-7-5-16(6-8-17)13-14-24/h3-12,15,22,26H,2,13H2,1H3/t22-/m1/s1. The van der Waals surface area contributed by atoms with Crippen LogP contribution in [-0.4, -0.2) is 17.5 Å². The number of pyridine rings is 1. The molecular formula is C23H20N4O2. The summed E-state index contributed by atoms with van der Waals surface area (Å²) in [6.45, 7) is 2.52. The molecule has 2 heterocycles. The molecule has 0 spiro atoms. The number of rotatable bonds is 6. The highest BCUT2D eigenvalue weighted by molar-refractivity contribution is 6.11. The van der Waals surface area contributed by atoms with Crippen molar-refractivity contribution >= 4 is 17.3 Å². The van der Waals surface area contributed by atoms with Crippen molar-refractivity contribution in [2.24, 2.45) is 0 Å². The lowest BCUT2D eigenvalue weighted by molar-refractivity contribution is 0.0993. The van der Waals surface area contributed by atoms with Crippen LogP contribution in [-0.2, 0) is 6.42 Å². The summed E-state index contributed by atoms with van der Waals surface area (Å²) in [5, 5.41) is 12.3. The Balaban J connectivity index is 1.67. The fourth-order valence-corrected chi connectivity index (χ4v) is 3.42. The summed E-state index contributed by atoms with van der Waals surface area (Å²) < 4.78 is 5.51. The van der Waals surface area contributed by atoms with Gasteiger partial charge in [-0.2, -0.15) is 5.26 Å². The lowest BCUT2D eigenvalue weighted by Gasteiger charge is -2.26. The Hall–Kier alpha value is -3.85. The van der Waals surface area contributed by atoms with E-state index in [1.165, 1.54) is 0 Å². The summed E-state index contributed by atoms with van der Waals surface area (Å²) >= 11 is 0. The third kappa shape index (κ3) is 3.63. The van der Waals surface area contributed by atoms with Crippen molar-refractivity contribution in [1.82, 2.24) is 4.98 Å². The molecule has 2 aromatic carbocycles. The minimum atomic E-state index is -0.432. The first-order chi connectivity index (χ1) is 14.2. The van der Waals surface area contributed by atoms with Gasteiger partial charge in [-0.15, -0.1) is 0 Å². The van der Waals surface area contributed by atoms with Crippen molar-refractivity contribution in [3.05, 3.63) is 83.7 Å². The van der Waals surface area contributed by atoms with Gasteiger partial charge in [-0.05, 0) is 61.0 Å². The highest BCUT2D eigenvalue weighted by Gasteiger charge is 2.38. The molecular weight excluding hydrogens is 364 g/mol. The minimum absolute atomic E-state index is 0.101. The Morgan fingerprint density at radius 2 is 1.90 bits per heavy atom. The fourth-order valence-electron chi connectivity index (χ4n) is 3.42. The maximum Gasteiger partial charge on any atom is 0.262 e. The third-order valence-electron chi connectivity index (χ3n) is 4.77. The Morgan fingerprint density at radius 3 is 2.59 bits per heavy atom. The number of hydrogen-bond acceptors (Lipinski definition) is 5. The second kappa shape index (κ2) is 8.03. The Morgan fingerprint density at radius 1 is 1.14 bits per heavy atom. The van der Waals surface area contributed by atoms with Crippen molar-refractivity contribution in [3.63, 3.8) is 0 Å². The highest BCUT2D eigenvalue weighted by atomic mass is 16.5. The quantitative estimate of drug-likeness (QED) is 0.685. The Kier molecular flexibility index (Phi) is 5.12. The molecule has 0 bridgehead atoms. The van der Waals surface area contributed by atoms with Crippen LogP contribution in [0.3, 0.4) is 0 Å². The van der Waals surface area contributed by atoms with E-state index < -0.39 is 6.17 Å². The molecule has 1 aliphatic rings. The van der Waals surface area contributed by atoms with Gasteiger partial charge in [0.25, 0.3) is 5.91 Å². The molecule has 0 saturated heterocycles. The molecule has 1 aromatic heterocycles. The average Bonchev–Trinajstić information content (AvgIpc) is 3.03. The predicted octanol–water partition coefficient (Wildman–Crippen LogP) is 4.32. The van der Waals surface area contributed by atoms with E-state index in [0.29, 0.717) is 24.3 Å². The van der Waals surface area contributed by atoms with Crippen LogP contribution in [0.15, 0.2) is 66.9 Å². The van der Waals surface area contributed by atoms with Gasteiger partial charge in [-0.1, -0.05) is 12.1 Å². The van der Waals surface area contributed by atoms with E-state index >= 15 is 0 Å². The predicted molar refractivity (Wildman–Crippen MR) is 111 cm³/mol. The molecule has 0 aliphatic carbocycles. The van der Waals surface area contributed by atoms with Crippen molar-refractivity contribution in [2.45, 2.75) is 19.5 Å². The molecule has 3 aromatic rings. The summed E-state index contributed by atoms with van der Waals surface area (Å²) in [5.41, 5.74) is 3.82. The number of amides is 1. The number of nitrogens with zero attached hydrogens (tertiary/aromatic N) is 3. The van der Waals surface area contributed by atoms with E-state index in [4.69, 9.17) is 10.00 Å². The number of fused-ring (bicyclic) bond motifs is 1. The average molecular weight is 384 g/mol. The Bertz CT molecular complexity index is 1060. The summed E-state index contributed by atoms with van der Waals surface area (Å²) in [7, 11) is 0. The molecule has 1 atom stereocenters. The number of carbonyl (C=O) groups excluding carboxylic acids is 1. The molecule has 1 N–H and O–H groups in total. The van der Waals surface area contributed by atoms with Gasteiger partial charge in [-0.3, -0.25) is 14.7 Å². The number of nitriles is 1. The van der Waals surface area contributed by atoms with E-state index in [1.54, 1.807) is 23.2 Å². The van der Waals surface area contributed by atoms with Crippen LogP contribution in [0, 0.1) is 11.3 Å². The first-order valence-corrected chi connectivity index (χ1v) is 9.45. The van der Waals surface area contributed by atoms with Gasteiger partial charge in [0.05, 0.1) is 30.4 Å². The summed E-state index contributed by atoms with van der Waals surface area (Å²) in [4.78, 5) is 19.3. The maximum absolute atomic E-state index is 13.1. The van der Waals surface area contributed by atoms with Crippen molar-refractivity contribution < 1.29 is 9.53 Å². The van der Waals surface area contributed by atoms with Crippen LogP contribution in [0.1, 0.15) is 34.7 Å². The normalized spacial score (nSPS) is 15.0. The van der Waals surface area contributed by atoms with Crippen LogP contribution < -0.4 is 15.0 Å². The largest absolute Gasteiger partial charge is 0.494 e. The summed E-state index contributed by atoms with van der Waals surface area (Å²) in [6.07, 6.45) is 1.63. The number of aromatic nitrogens is 1. The van der Waals surface area contributed by atoms with Crippen LogP contribution in [0.25, 0.3) is 0 Å². The number of nitrogens with one attached hydrogen (secondary N) is 1. The zero-order chi connectivity index (χ0) is 20.2. The highest BCUT2D eigenvalue weighted by Crippen LogP contribution is 2.37. The van der Waals surface area contributed by atoms with E-state index in [1.807, 2.05) is 55.5 Å². The zero-order valence-corrected chi connectivity index (χ0v) is 16.0. The molecule has 6 heteroatoms. The summed E-state index contributed by atoms with van der Waals surface area (Å²) in [6, 6.07) is 20.8. The third-order valence-corrected chi connectivity index (χ3v) is 4.77. The van der Waals surface area contributed by atoms with Gasteiger partial charge in [0.15, 0.2) is 6.17 Å². The molecule has 4 rings (SSSR count). The maximum atomic E-state index is 13.1. The van der Waals surface area contributed by atoms with Crippen LogP contribution in [0.5, 0.6) is 5.75 Å². The number of hydrogen-bond donors (Lipinski definition) is 1. The smallest absolute Gasteiger partial charge is 0.262 e. The molecule has 0 saturated carbocycles. The van der Waals surface area contributed by atoms with Crippen molar-refractivity contribution in [1.29, 1.82) is 5.26 Å². The van der Waals surface area contributed by atoms with Crippen LogP contribution in [0.4, 0.5) is 11.4 Å². The zero-order valence-electron chi connectivity index (χ0n) is 16.0. The first-order valence-electron chi connectivity index (χ1n) is 9.45. The van der Waals surface area contributed by atoms with Gasteiger partial charge >= 0.3 is 0 Å². The number of carbonyl (C=O) groups is 1. The van der Waals surface area contributed by atoms with Crippen molar-refractivity contribution in [2.75, 3.05) is 16.8 Å². The second-order valence-corrected chi connectivity index (χ2v) is 6.62. The van der Waals surface area contributed by atoms with E-state index in [2.05, 4.69) is 16.4 Å². The van der Waals surface area contributed by atoms with E-state index in [9.17, 15) is 4.79 Å². The second-order valence-electron chi connectivity index (χ2n) is 6.62. The summed E-state index contributed by atoms with van der Waals surface area (Å²) in [5.74, 6) is 0.659. The number of benzene rings is 2. The van der Waals surface area contributed by atoms with Crippen LogP contribution >= 0.6 is 0 Å². The van der Waals surface area contributed by atoms with Gasteiger partial charge in [0.1, 0.15) is 5.75 Å². The van der Waals surface area contributed by atoms with E-state index in [-0.39, 0.29) is 5.91 Å².